The van der Waals surface area contributed by atoms with Gasteiger partial charge in [0.1, 0.15) is 11.6 Å². The molecule has 1 saturated carbocycles. The van der Waals surface area contributed by atoms with Crippen LogP contribution in [0.5, 0.6) is 5.75 Å². The summed E-state index contributed by atoms with van der Waals surface area (Å²) in [6.45, 7) is 6.88. The second-order valence-electron chi connectivity index (χ2n) is 6.96. The van der Waals surface area contributed by atoms with Gasteiger partial charge < -0.3 is 4.74 Å². The van der Waals surface area contributed by atoms with Crippen LogP contribution in [0, 0.1) is 23.6 Å². The molecule has 0 radical (unpaired) electrons. The Balaban J connectivity index is 2.17. The Morgan fingerprint density at radius 3 is 2.62 bits per heavy atom. The number of halogens is 1. The van der Waals surface area contributed by atoms with E-state index in [0.29, 0.717) is 5.92 Å². The molecule has 0 spiro atoms. The van der Waals surface area contributed by atoms with E-state index in [1.165, 1.54) is 19.3 Å². The molecule has 0 amide bonds. The maximum absolute atomic E-state index is 14.2. The van der Waals surface area contributed by atoms with E-state index in [4.69, 9.17) is 4.74 Å². The zero-order chi connectivity index (χ0) is 15.4. The Bertz CT molecular complexity index is 455. The second kappa shape index (κ2) is 7.29. The van der Waals surface area contributed by atoms with Crippen LogP contribution < -0.4 is 4.74 Å². The quantitative estimate of drug-likeness (QED) is 0.667. The summed E-state index contributed by atoms with van der Waals surface area (Å²) < 4.78 is 19.5. The van der Waals surface area contributed by atoms with Crippen molar-refractivity contribution in [2.24, 2.45) is 17.8 Å². The van der Waals surface area contributed by atoms with Crippen LogP contribution in [0.2, 0.25) is 0 Å². The first-order valence-electron chi connectivity index (χ1n) is 8.38. The first-order chi connectivity index (χ1) is 10.0. The monoisotopic (exact) mass is 292 g/mol. The zero-order valence-electron chi connectivity index (χ0n) is 13.9. The average Bonchev–Trinajstić information content (AvgIpc) is 2.47. The van der Waals surface area contributed by atoms with Crippen molar-refractivity contribution in [2.45, 2.75) is 58.8 Å². The molecule has 1 aromatic rings. The molecular weight excluding hydrogens is 263 g/mol. The predicted octanol–water partition coefficient (Wildman–Crippen LogP) is 5.79. The third-order valence-electron chi connectivity index (χ3n) is 5.08. The van der Waals surface area contributed by atoms with Crippen molar-refractivity contribution in [3.8, 4) is 5.75 Å². The molecular formula is C19H29FO. The minimum absolute atomic E-state index is 0.0703. The molecule has 0 aromatic heterocycles. The third kappa shape index (κ3) is 3.99. The summed E-state index contributed by atoms with van der Waals surface area (Å²) in [7, 11) is 1.65. The smallest absolute Gasteiger partial charge is 0.126 e. The fraction of sp³-hybridized carbons (Fsp3) is 0.684. The molecule has 3 unspecified atom stereocenters. The van der Waals surface area contributed by atoms with Gasteiger partial charge in [0.05, 0.1) is 7.11 Å². The van der Waals surface area contributed by atoms with Gasteiger partial charge in [-0.25, -0.2) is 4.39 Å². The summed E-state index contributed by atoms with van der Waals surface area (Å²) in [5.41, 5.74) is 0.859. The number of hydrogen-bond donors (Lipinski definition) is 0. The van der Waals surface area contributed by atoms with E-state index < -0.39 is 0 Å². The van der Waals surface area contributed by atoms with E-state index in [9.17, 15) is 4.39 Å². The van der Waals surface area contributed by atoms with Crippen LogP contribution in [0.3, 0.4) is 0 Å². The van der Waals surface area contributed by atoms with E-state index in [1.807, 2.05) is 6.07 Å². The summed E-state index contributed by atoms with van der Waals surface area (Å²) in [5.74, 6) is 3.32. The summed E-state index contributed by atoms with van der Waals surface area (Å²) in [6.07, 6.45) is 5.98. The highest BCUT2D eigenvalue weighted by Crippen LogP contribution is 2.44. The zero-order valence-corrected chi connectivity index (χ0v) is 13.9. The maximum Gasteiger partial charge on any atom is 0.126 e. The van der Waals surface area contributed by atoms with Crippen molar-refractivity contribution in [1.82, 2.24) is 0 Å². The Morgan fingerprint density at radius 1 is 1.24 bits per heavy atom. The van der Waals surface area contributed by atoms with Crippen LogP contribution in [-0.4, -0.2) is 7.11 Å². The summed E-state index contributed by atoms with van der Waals surface area (Å²) in [5, 5.41) is 0. The molecule has 0 N–H and O–H groups in total. The van der Waals surface area contributed by atoms with E-state index in [-0.39, 0.29) is 5.82 Å². The summed E-state index contributed by atoms with van der Waals surface area (Å²) >= 11 is 0. The highest BCUT2D eigenvalue weighted by atomic mass is 19.1. The Hall–Kier alpha value is -1.05. The maximum atomic E-state index is 14.2. The molecule has 0 saturated heterocycles. The van der Waals surface area contributed by atoms with Crippen LogP contribution in [0.1, 0.15) is 64.4 Å². The second-order valence-corrected chi connectivity index (χ2v) is 6.96. The predicted molar refractivity (Wildman–Crippen MR) is 86.3 cm³/mol. The number of ether oxygens (including phenoxy) is 1. The molecule has 0 bridgehead atoms. The third-order valence-corrected chi connectivity index (χ3v) is 5.08. The lowest BCUT2D eigenvalue weighted by molar-refractivity contribution is 0.179. The van der Waals surface area contributed by atoms with Crippen molar-refractivity contribution in [3.05, 3.63) is 29.6 Å². The van der Waals surface area contributed by atoms with Gasteiger partial charge in [0.2, 0.25) is 0 Å². The molecule has 1 nitrogen and oxygen atoms in total. The Kier molecular flexibility index (Phi) is 5.66. The number of rotatable bonds is 5. The van der Waals surface area contributed by atoms with Crippen molar-refractivity contribution >= 4 is 0 Å². The van der Waals surface area contributed by atoms with Gasteiger partial charge in [-0.15, -0.1) is 0 Å². The average molecular weight is 292 g/mol. The van der Waals surface area contributed by atoms with Crippen LogP contribution in [-0.2, 0) is 0 Å². The largest absolute Gasteiger partial charge is 0.497 e. The molecule has 0 aliphatic heterocycles. The van der Waals surface area contributed by atoms with Crippen molar-refractivity contribution in [2.75, 3.05) is 7.11 Å². The number of hydrogen-bond acceptors (Lipinski definition) is 1. The summed E-state index contributed by atoms with van der Waals surface area (Å²) in [6, 6.07) is 5.17. The number of benzene rings is 1. The fourth-order valence-corrected chi connectivity index (χ4v) is 4.00. The topological polar surface area (TPSA) is 9.23 Å². The van der Waals surface area contributed by atoms with Crippen molar-refractivity contribution in [3.63, 3.8) is 0 Å². The van der Waals surface area contributed by atoms with Gasteiger partial charge in [0.15, 0.2) is 0 Å². The lowest BCUT2D eigenvalue weighted by atomic mass is 9.68. The molecule has 0 heterocycles. The van der Waals surface area contributed by atoms with Gasteiger partial charge in [0, 0.05) is 0 Å². The fourth-order valence-electron chi connectivity index (χ4n) is 4.00. The molecule has 118 valence electrons. The van der Waals surface area contributed by atoms with Crippen molar-refractivity contribution in [1.29, 1.82) is 0 Å². The number of methoxy groups -OCH3 is 1. The van der Waals surface area contributed by atoms with E-state index >= 15 is 0 Å². The van der Waals surface area contributed by atoms with Gasteiger partial charge in [-0.2, -0.15) is 0 Å². The van der Waals surface area contributed by atoms with Crippen LogP contribution in [0.25, 0.3) is 0 Å². The first-order valence-corrected chi connectivity index (χ1v) is 8.38. The first kappa shape index (κ1) is 16.3. The Morgan fingerprint density at radius 2 is 2.00 bits per heavy atom. The van der Waals surface area contributed by atoms with Gasteiger partial charge in [0.25, 0.3) is 0 Å². The SMILES string of the molecule is CCC1CCC(c2cc(OC)ccc2F)CC1CC(C)C. The minimum Gasteiger partial charge on any atom is -0.497 e. The van der Waals surface area contributed by atoms with Crippen LogP contribution in [0.4, 0.5) is 4.39 Å². The van der Waals surface area contributed by atoms with E-state index in [2.05, 4.69) is 20.8 Å². The molecule has 21 heavy (non-hydrogen) atoms. The lowest BCUT2D eigenvalue weighted by Gasteiger charge is -2.37. The van der Waals surface area contributed by atoms with Crippen LogP contribution in [0.15, 0.2) is 18.2 Å². The minimum atomic E-state index is -0.0703. The molecule has 2 heteroatoms. The van der Waals surface area contributed by atoms with Gasteiger partial charge in [-0.05, 0) is 73.1 Å². The highest BCUT2D eigenvalue weighted by molar-refractivity contribution is 5.32. The molecule has 3 atom stereocenters. The van der Waals surface area contributed by atoms with E-state index in [1.54, 1.807) is 19.2 Å². The molecule has 1 fully saturated rings. The molecule has 2 rings (SSSR count). The van der Waals surface area contributed by atoms with Gasteiger partial charge >= 0.3 is 0 Å². The highest BCUT2D eigenvalue weighted by Gasteiger charge is 2.31. The standard InChI is InChI=1S/C19H29FO/c1-5-14-6-7-15(11-16(14)10-13(2)3)18-12-17(21-4)8-9-19(18)20/h8-9,12-16H,5-7,10-11H2,1-4H3. The van der Waals surface area contributed by atoms with Gasteiger partial charge in [-0.1, -0.05) is 27.2 Å². The van der Waals surface area contributed by atoms with Crippen LogP contribution >= 0.6 is 0 Å². The van der Waals surface area contributed by atoms with E-state index in [0.717, 1.165) is 41.9 Å². The normalized spacial score (nSPS) is 26.1. The Labute approximate surface area is 128 Å². The lowest BCUT2D eigenvalue weighted by Crippen LogP contribution is -2.25. The molecule has 1 aliphatic carbocycles. The summed E-state index contributed by atoms with van der Waals surface area (Å²) in [4.78, 5) is 0. The van der Waals surface area contributed by atoms with Crippen molar-refractivity contribution < 1.29 is 9.13 Å². The molecule has 1 aliphatic rings. The van der Waals surface area contributed by atoms with Gasteiger partial charge in [-0.3, -0.25) is 0 Å². The molecule has 1 aromatic carbocycles.